The van der Waals surface area contributed by atoms with Crippen molar-refractivity contribution in [2.75, 3.05) is 0 Å². The lowest BCUT2D eigenvalue weighted by atomic mass is 10.1. The Hall–Kier alpha value is -3.41. The van der Waals surface area contributed by atoms with Crippen molar-refractivity contribution in [2.45, 2.75) is 25.4 Å². The van der Waals surface area contributed by atoms with Crippen LogP contribution in [0.15, 0.2) is 66.7 Å². The van der Waals surface area contributed by atoms with Gasteiger partial charge in [-0.2, -0.15) is 0 Å². The van der Waals surface area contributed by atoms with Crippen molar-refractivity contribution in [2.24, 2.45) is 0 Å². The van der Waals surface area contributed by atoms with Gasteiger partial charge in [-0.1, -0.05) is 60.7 Å². The number of hydrogen-bond acceptors (Lipinski definition) is 3. The van der Waals surface area contributed by atoms with Crippen molar-refractivity contribution < 1.29 is 19.5 Å². The maximum absolute atomic E-state index is 12.2. The molecular weight excluding hydrogens is 344 g/mol. The fourth-order valence-corrected chi connectivity index (χ4v) is 2.41. The number of amides is 2. The Kier molecular flexibility index (Phi) is 7.31. The highest BCUT2D eigenvalue weighted by molar-refractivity contribution is 5.96. The molecule has 6 heteroatoms. The molecular formula is C21H22N2O4. The van der Waals surface area contributed by atoms with Gasteiger partial charge in [-0.3, -0.25) is 9.59 Å². The number of carboxylic acids is 1. The Morgan fingerprint density at radius 2 is 1.56 bits per heavy atom. The fourth-order valence-electron chi connectivity index (χ4n) is 2.41. The minimum atomic E-state index is -1.13. The zero-order valence-corrected chi connectivity index (χ0v) is 15.0. The average molecular weight is 366 g/mol. The molecule has 0 radical (unpaired) electrons. The van der Waals surface area contributed by atoms with Gasteiger partial charge < -0.3 is 15.7 Å². The van der Waals surface area contributed by atoms with Crippen molar-refractivity contribution in [3.63, 3.8) is 0 Å². The number of benzene rings is 2. The van der Waals surface area contributed by atoms with Crippen LogP contribution in [0.3, 0.4) is 0 Å². The van der Waals surface area contributed by atoms with Gasteiger partial charge in [-0.05, 0) is 24.1 Å². The zero-order valence-electron chi connectivity index (χ0n) is 15.0. The maximum Gasteiger partial charge on any atom is 0.326 e. The first-order valence-electron chi connectivity index (χ1n) is 8.56. The smallest absolute Gasteiger partial charge is 0.326 e. The summed E-state index contributed by atoms with van der Waals surface area (Å²) in [5.41, 5.74) is 1.66. The molecule has 0 aliphatic heterocycles. The van der Waals surface area contributed by atoms with Crippen molar-refractivity contribution in [3.8, 4) is 0 Å². The van der Waals surface area contributed by atoms with Crippen LogP contribution < -0.4 is 10.6 Å². The topological polar surface area (TPSA) is 95.5 Å². The predicted octanol–water partition coefficient (Wildman–Crippen LogP) is 2.02. The average Bonchev–Trinajstić information content (AvgIpc) is 2.67. The monoisotopic (exact) mass is 366 g/mol. The molecule has 0 heterocycles. The molecule has 2 atom stereocenters. The lowest BCUT2D eigenvalue weighted by Gasteiger charge is -2.18. The van der Waals surface area contributed by atoms with Crippen LogP contribution in [0, 0.1) is 0 Å². The predicted molar refractivity (Wildman–Crippen MR) is 103 cm³/mol. The summed E-state index contributed by atoms with van der Waals surface area (Å²) >= 11 is 0. The highest BCUT2D eigenvalue weighted by atomic mass is 16.4. The van der Waals surface area contributed by atoms with Gasteiger partial charge in [-0.15, -0.1) is 0 Å². The molecule has 2 amide bonds. The van der Waals surface area contributed by atoms with Gasteiger partial charge in [0.1, 0.15) is 12.1 Å². The Morgan fingerprint density at radius 3 is 2.15 bits per heavy atom. The van der Waals surface area contributed by atoms with Crippen molar-refractivity contribution in [3.05, 3.63) is 77.9 Å². The molecule has 0 unspecified atom stereocenters. The second-order valence-electron chi connectivity index (χ2n) is 6.06. The third-order valence-electron chi connectivity index (χ3n) is 3.88. The van der Waals surface area contributed by atoms with Crippen LogP contribution >= 0.6 is 0 Å². The molecule has 0 aliphatic carbocycles. The van der Waals surface area contributed by atoms with Crippen LogP contribution in [0.2, 0.25) is 0 Å². The summed E-state index contributed by atoms with van der Waals surface area (Å²) in [4.78, 5) is 35.6. The summed E-state index contributed by atoms with van der Waals surface area (Å²) in [6, 6.07) is 16.4. The van der Waals surface area contributed by atoms with E-state index < -0.39 is 29.9 Å². The van der Waals surface area contributed by atoms with Crippen molar-refractivity contribution in [1.29, 1.82) is 0 Å². The molecule has 2 aromatic carbocycles. The molecule has 3 N–H and O–H groups in total. The summed E-state index contributed by atoms with van der Waals surface area (Å²) in [5.74, 6) is -2.12. The molecule has 6 nitrogen and oxygen atoms in total. The number of carboxylic acid groups (broad SMARTS) is 1. The summed E-state index contributed by atoms with van der Waals surface area (Å²) < 4.78 is 0. The van der Waals surface area contributed by atoms with Gasteiger partial charge in [0, 0.05) is 12.5 Å². The number of carbonyl (C=O) groups excluding carboxylic acids is 2. The van der Waals surface area contributed by atoms with E-state index >= 15 is 0 Å². The third kappa shape index (κ3) is 6.78. The summed E-state index contributed by atoms with van der Waals surface area (Å²) in [5, 5.41) is 14.3. The van der Waals surface area contributed by atoms with E-state index in [-0.39, 0.29) is 6.42 Å². The van der Waals surface area contributed by atoms with Crippen LogP contribution in [0.5, 0.6) is 0 Å². The van der Waals surface area contributed by atoms with Crippen molar-refractivity contribution in [1.82, 2.24) is 10.6 Å². The number of carbonyl (C=O) groups is 3. The van der Waals surface area contributed by atoms with E-state index in [1.54, 1.807) is 30.3 Å². The Balaban J connectivity index is 1.89. The van der Waals surface area contributed by atoms with Gasteiger partial charge in [-0.25, -0.2) is 4.79 Å². The molecule has 0 saturated carbocycles. The maximum atomic E-state index is 12.2. The van der Waals surface area contributed by atoms with E-state index in [0.717, 1.165) is 11.1 Å². The van der Waals surface area contributed by atoms with Crippen LogP contribution in [0.1, 0.15) is 18.1 Å². The molecule has 2 rings (SSSR count). The normalized spacial score (nSPS) is 12.9. The van der Waals surface area contributed by atoms with Crippen LogP contribution in [-0.2, 0) is 20.8 Å². The summed E-state index contributed by atoms with van der Waals surface area (Å²) in [7, 11) is 0. The Bertz CT molecular complexity index is 803. The molecule has 0 saturated heterocycles. The standard InChI is InChI=1S/C21H22N2O4/c1-15(22-19(24)13-12-16-8-4-2-5-9-16)20(25)23-18(21(26)27)14-17-10-6-3-7-11-17/h2-13,15,18H,14H2,1H3,(H,22,24)(H,23,25)(H,26,27)/b13-12+/t15-,18+/m0/s1. The molecule has 0 bridgehead atoms. The quantitative estimate of drug-likeness (QED) is 0.623. The van der Waals surface area contributed by atoms with Gasteiger partial charge in [0.2, 0.25) is 11.8 Å². The number of rotatable bonds is 8. The summed E-state index contributed by atoms with van der Waals surface area (Å²) in [6.07, 6.45) is 3.13. The lowest BCUT2D eigenvalue weighted by molar-refractivity contribution is -0.142. The van der Waals surface area contributed by atoms with Gasteiger partial charge in [0.05, 0.1) is 0 Å². The molecule has 2 aromatic rings. The van der Waals surface area contributed by atoms with Gasteiger partial charge in [0.15, 0.2) is 0 Å². The Morgan fingerprint density at radius 1 is 0.963 bits per heavy atom. The summed E-state index contributed by atoms with van der Waals surface area (Å²) in [6.45, 7) is 1.50. The van der Waals surface area contributed by atoms with Crippen LogP contribution in [0.25, 0.3) is 6.08 Å². The second kappa shape index (κ2) is 9.91. The second-order valence-corrected chi connectivity index (χ2v) is 6.06. The van der Waals surface area contributed by atoms with Crippen LogP contribution in [0.4, 0.5) is 0 Å². The van der Waals surface area contributed by atoms with E-state index in [9.17, 15) is 19.5 Å². The molecule has 0 fully saturated rings. The van der Waals surface area contributed by atoms with E-state index in [1.165, 1.54) is 13.0 Å². The van der Waals surface area contributed by atoms with Crippen molar-refractivity contribution >= 4 is 23.9 Å². The molecule has 0 aromatic heterocycles. The number of aliphatic carboxylic acids is 1. The highest BCUT2D eigenvalue weighted by Crippen LogP contribution is 2.04. The first-order valence-corrected chi connectivity index (χ1v) is 8.56. The van der Waals surface area contributed by atoms with Gasteiger partial charge in [0.25, 0.3) is 0 Å². The van der Waals surface area contributed by atoms with Gasteiger partial charge >= 0.3 is 5.97 Å². The van der Waals surface area contributed by atoms with Crippen LogP contribution in [-0.4, -0.2) is 35.0 Å². The lowest BCUT2D eigenvalue weighted by Crippen LogP contribution is -2.50. The zero-order chi connectivity index (χ0) is 19.6. The fraction of sp³-hybridized carbons (Fsp3) is 0.190. The largest absolute Gasteiger partial charge is 0.480 e. The molecule has 0 spiro atoms. The first kappa shape index (κ1) is 19.9. The SMILES string of the molecule is C[C@H](NC(=O)/C=C/c1ccccc1)C(=O)N[C@H](Cc1ccccc1)C(=O)O. The molecule has 140 valence electrons. The number of nitrogens with one attached hydrogen (secondary N) is 2. The van der Waals surface area contributed by atoms with E-state index in [1.807, 2.05) is 36.4 Å². The Labute approximate surface area is 157 Å². The first-order chi connectivity index (χ1) is 13.0. The minimum Gasteiger partial charge on any atom is -0.480 e. The van der Waals surface area contributed by atoms with E-state index in [4.69, 9.17) is 0 Å². The highest BCUT2D eigenvalue weighted by Gasteiger charge is 2.23. The van der Waals surface area contributed by atoms with E-state index in [0.29, 0.717) is 0 Å². The minimum absolute atomic E-state index is 0.163. The number of hydrogen-bond donors (Lipinski definition) is 3. The third-order valence-corrected chi connectivity index (χ3v) is 3.88. The molecule has 0 aliphatic rings. The van der Waals surface area contributed by atoms with E-state index in [2.05, 4.69) is 10.6 Å². The molecule has 27 heavy (non-hydrogen) atoms.